The van der Waals surface area contributed by atoms with E-state index in [-0.39, 0.29) is 11.7 Å². The first-order valence-corrected chi connectivity index (χ1v) is 9.63. The smallest absolute Gasteiger partial charge is 0.250 e. The summed E-state index contributed by atoms with van der Waals surface area (Å²) in [4.78, 5) is 12.0. The minimum atomic E-state index is -0.251. The van der Waals surface area contributed by atoms with Crippen molar-refractivity contribution in [1.29, 1.82) is 0 Å². The number of hydrogen-bond donors (Lipinski definition) is 1. The molecule has 0 atom stereocenters. The molecule has 1 amide bonds. The highest BCUT2D eigenvalue weighted by atomic mass is 35.5. The van der Waals surface area contributed by atoms with Crippen LogP contribution in [0, 0.1) is 0 Å². The van der Waals surface area contributed by atoms with E-state index in [4.69, 9.17) is 23.2 Å². The van der Waals surface area contributed by atoms with Crippen molar-refractivity contribution in [1.82, 2.24) is 20.2 Å². The van der Waals surface area contributed by atoms with Crippen molar-refractivity contribution in [3.05, 3.63) is 64.1 Å². The minimum Gasteiger partial charge on any atom is -0.305 e. The monoisotopic (exact) mass is 419 g/mol. The molecular formula is C18H15Cl2N5OS. The van der Waals surface area contributed by atoms with E-state index in [2.05, 4.69) is 20.7 Å². The molecular weight excluding hydrogens is 405 g/mol. The summed E-state index contributed by atoms with van der Waals surface area (Å²) >= 11 is 13.2. The molecule has 0 saturated heterocycles. The molecule has 0 bridgehead atoms. The van der Waals surface area contributed by atoms with Crippen molar-refractivity contribution in [2.75, 3.05) is 5.75 Å². The average Bonchev–Trinajstić information content (AvgIpc) is 3.03. The zero-order valence-electron chi connectivity index (χ0n) is 14.3. The molecule has 0 aliphatic heterocycles. The largest absolute Gasteiger partial charge is 0.305 e. The second-order valence-electron chi connectivity index (χ2n) is 5.48. The van der Waals surface area contributed by atoms with Gasteiger partial charge in [0, 0.05) is 28.2 Å². The van der Waals surface area contributed by atoms with Gasteiger partial charge in [0.05, 0.1) is 12.0 Å². The number of hydrogen-bond acceptors (Lipinski definition) is 5. The first-order valence-electron chi connectivity index (χ1n) is 7.89. The number of benzene rings is 2. The topological polar surface area (TPSA) is 72.2 Å². The molecule has 6 nitrogen and oxygen atoms in total. The lowest BCUT2D eigenvalue weighted by Crippen LogP contribution is -2.19. The maximum Gasteiger partial charge on any atom is 0.250 e. The van der Waals surface area contributed by atoms with Gasteiger partial charge in [0.15, 0.2) is 11.0 Å². The summed E-state index contributed by atoms with van der Waals surface area (Å²) in [6, 6.07) is 14.6. The Morgan fingerprint density at radius 1 is 1.19 bits per heavy atom. The summed E-state index contributed by atoms with van der Waals surface area (Å²) in [6.45, 7) is 0. The van der Waals surface area contributed by atoms with Gasteiger partial charge in [-0.3, -0.25) is 4.79 Å². The molecule has 9 heteroatoms. The van der Waals surface area contributed by atoms with Crippen LogP contribution in [0.4, 0.5) is 0 Å². The zero-order chi connectivity index (χ0) is 19.2. The normalized spacial score (nSPS) is 11.1. The Labute approximate surface area is 170 Å². The molecule has 0 spiro atoms. The van der Waals surface area contributed by atoms with E-state index < -0.39 is 0 Å². The summed E-state index contributed by atoms with van der Waals surface area (Å²) in [5.74, 6) is 0.609. The average molecular weight is 420 g/mol. The van der Waals surface area contributed by atoms with Gasteiger partial charge in [0.25, 0.3) is 5.91 Å². The number of carbonyl (C=O) groups is 1. The van der Waals surface area contributed by atoms with E-state index in [1.807, 2.05) is 41.9 Å². The van der Waals surface area contributed by atoms with E-state index in [1.165, 1.54) is 18.0 Å². The molecule has 0 saturated carbocycles. The van der Waals surface area contributed by atoms with Crippen molar-refractivity contribution in [3.63, 3.8) is 0 Å². The van der Waals surface area contributed by atoms with Crippen molar-refractivity contribution in [2.45, 2.75) is 5.16 Å². The standard InChI is InChI=1S/C18H15Cl2N5OS/c1-25-17(12-6-8-14(19)9-7-12)23-24-18(25)27-11-16(26)22-21-10-13-4-2-3-5-15(13)20/h2-10H,11H2,1H3,(H,22,26)/b21-10-. The highest BCUT2D eigenvalue weighted by Crippen LogP contribution is 2.23. The Kier molecular flexibility index (Phi) is 6.49. The maximum absolute atomic E-state index is 12.0. The van der Waals surface area contributed by atoms with Crippen LogP contribution in [-0.4, -0.2) is 32.6 Å². The van der Waals surface area contributed by atoms with E-state index >= 15 is 0 Å². The van der Waals surface area contributed by atoms with Crippen LogP contribution in [0.3, 0.4) is 0 Å². The SMILES string of the molecule is Cn1c(SCC(=O)N/N=C\c2ccccc2Cl)nnc1-c1ccc(Cl)cc1. The Balaban J connectivity index is 1.56. The summed E-state index contributed by atoms with van der Waals surface area (Å²) in [5.41, 5.74) is 4.10. The summed E-state index contributed by atoms with van der Waals surface area (Å²) < 4.78 is 1.83. The third-order valence-electron chi connectivity index (χ3n) is 3.57. The van der Waals surface area contributed by atoms with Gasteiger partial charge in [0.1, 0.15) is 0 Å². The first-order chi connectivity index (χ1) is 13.0. The fourth-order valence-electron chi connectivity index (χ4n) is 2.21. The highest BCUT2D eigenvalue weighted by molar-refractivity contribution is 7.99. The van der Waals surface area contributed by atoms with E-state index in [1.54, 1.807) is 18.2 Å². The van der Waals surface area contributed by atoms with Crippen LogP contribution in [0.15, 0.2) is 58.8 Å². The number of amides is 1. The number of aromatic nitrogens is 3. The molecule has 0 aliphatic rings. The van der Waals surface area contributed by atoms with Gasteiger partial charge < -0.3 is 4.57 Å². The maximum atomic E-state index is 12.0. The molecule has 1 N–H and O–H groups in total. The second-order valence-corrected chi connectivity index (χ2v) is 7.26. The lowest BCUT2D eigenvalue weighted by molar-refractivity contribution is -0.118. The van der Waals surface area contributed by atoms with Gasteiger partial charge in [0.2, 0.25) is 0 Å². The van der Waals surface area contributed by atoms with E-state index in [9.17, 15) is 4.79 Å². The molecule has 0 fully saturated rings. The molecule has 1 aromatic heterocycles. The number of halogens is 2. The summed E-state index contributed by atoms with van der Waals surface area (Å²) in [6.07, 6.45) is 1.51. The molecule has 3 aromatic rings. The third-order valence-corrected chi connectivity index (χ3v) is 5.18. The number of nitrogens with zero attached hydrogens (tertiary/aromatic N) is 4. The molecule has 138 valence electrons. The fraction of sp³-hybridized carbons (Fsp3) is 0.111. The number of nitrogens with one attached hydrogen (secondary N) is 1. The van der Waals surface area contributed by atoms with Crippen LogP contribution in [-0.2, 0) is 11.8 Å². The minimum absolute atomic E-state index is 0.159. The van der Waals surface area contributed by atoms with Crippen LogP contribution in [0.5, 0.6) is 0 Å². The molecule has 0 aliphatic carbocycles. The lowest BCUT2D eigenvalue weighted by atomic mass is 10.2. The van der Waals surface area contributed by atoms with Crippen LogP contribution in [0.1, 0.15) is 5.56 Å². The summed E-state index contributed by atoms with van der Waals surface area (Å²) in [7, 11) is 1.85. The molecule has 2 aromatic carbocycles. The van der Waals surface area contributed by atoms with Crippen LogP contribution in [0.2, 0.25) is 10.0 Å². The van der Waals surface area contributed by atoms with Gasteiger partial charge in [-0.05, 0) is 30.3 Å². The van der Waals surface area contributed by atoms with Crippen molar-refractivity contribution < 1.29 is 4.79 Å². The predicted octanol–water partition coefficient (Wildman–Crippen LogP) is 4.03. The number of rotatable bonds is 6. The Morgan fingerprint density at radius 3 is 2.67 bits per heavy atom. The van der Waals surface area contributed by atoms with Gasteiger partial charge in [-0.25, -0.2) is 5.43 Å². The molecule has 3 rings (SSSR count). The third kappa shape index (κ3) is 5.09. The lowest BCUT2D eigenvalue weighted by Gasteiger charge is -2.04. The summed E-state index contributed by atoms with van der Waals surface area (Å²) in [5, 5.41) is 14.1. The highest BCUT2D eigenvalue weighted by Gasteiger charge is 2.12. The number of carbonyl (C=O) groups excluding carboxylic acids is 1. The quantitative estimate of drug-likeness (QED) is 0.371. The van der Waals surface area contributed by atoms with Crippen LogP contribution < -0.4 is 5.43 Å². The Morgan fingerprint density at radius 2 is 1.93 bits per heavy atom. The number of thioether (sulfide) groups is 1. The molecule has 1 heterocycles. The first kappa shape index (κ1) is 19.4. The van der Waals surface area contributed by atoms with E-state index in [0.29, 0.717) is 21.0 Å². The van der Waals surface area contributed by atoms with Crippen molar-refractivity contribution in [3.8, 4) is 11.4 Å². The Hall–Kier alpha value is -2.35. The zero-order valence-corrected chi connectivity index (χ0v) is 16.6. The fourth-order valence-corrected chi connectivity index (χ4v) is 3.22. The van der Waals surface area contributed by atoms with E-state index in [0.717, 1.165) is 11.1 Å². The van der Waals surface area contributed by atoms with Crippen LogP contribution in [0.25, 0.3) is 11.4 Å². The van der Waals surface area contributed by atoms with Crippen LogP contribution >= 0.6 is 35.0 Å². The van der Waals surface area contributed by atoms with Gasteiger partial charge in [-0.1, -0.05) is 53.2 Å². The van der Waals surface area contributed by atoms with Crippen molar-refractivity contribution in [2.24, 2.45) is 12.1 Å². The predicted molar refractivity (Wildman–Crippen MR) is 109 cm³/mol. The number of hydrazone groups is 1. The second kappa shape index (κ2) is 9.03. The van der Waals surface area contributed by atoms with Gasteiger partial charge >= 0.3 is 0 Å². The molecule has 27 heavy (non-hydrogen) atoms. The van der Waals surface area contributed by atoms with Crippen molar-refractivity contribution >= 4 is 47.1 Å². The molecule has 0 unspecified atom stereocenters. The molecule has 0 radical (unpaired) electrons. The Bertz CT molecular complexity index is 972. The van der Waals surface area contributed by atoms with Gasteiger partial charge in [-0.15, -0.1) is 10.2 Å². The van der Waals surface area contributed by atoms with Gasteiger partial charge in [-0.2, -0.15) is 5.10 Å².